The lowest BCUT2D eigenvalue weighted by Crippen LogP contribution is -2.23. The van der Waals surface area contributed by atoms with Gasteiger partial charge in [0.2, 0.25) is 5.91 Å². The van der Waals surface area contributed by atoms with Crippen molar-refractivity contribution in [2.45, 2.75) is 13.5 Å². The first-order chi connectivity index (χ1) is 13.5. The van der Waals surface area contributed by atoms with Gasteiger partial charge in [-0.05, 0) is 42.0 Å². The zero-order valence-corrected chi connectivity index (χ0v) is 15.0. The van der Waals surface area contributed by atoms with Gasteiger partial charge in [0.05, 0.1) is 12.4 Å². The average molecular weight is 378 g/mol. The number of carbonyl (C=O) groups is 2. The molecule has 0 spiro atoms. The summed E-state index contributed by atoms with van der Waals surface area (Å²) in [5, 5.41) is 23.8. The lowest BCUT2D eigenvalue weighted by Gasteiger charge is -2.03. The number of phenols is 1. The third-order valence-corrected chi connectivity index (χ3v) is 3.62. The van der Waals surface area contributed by atoms with Crippen molar-refractivity contribution in [1.29, 1.82) is 0 Å². The summed E-state index contributed by atoms with van der Waals surface area (Å²) >= 11 is 0. The van der Waals surface area contributed by atoms with Gasteiger partial charge in [-0.3, -0.25) is 9.59 Å². The minimum absolute atomic E-state index is 0.0503. The van der Waals surface area contributed by atoms with Gasteiger partial charge in [-0.25, -0.2) is 10.1 Å². The molecule has 0 atom stereocenters. The van der Waals surface area contributed by atoms with Gasteiger partial charge < -0.3 is 10.4 Å². The van der Waals surface area contributed by atoms with E-state index in [2.05, 4.69) is 26.2 Å². The largest absolute Gasteiger partial charge is 0.508 e. The summed E-state index contributed by atoms with van der Waals surface area (Å²) in [4.78, 5) is 23.1. The van der Waals surface area contributed by atoms with Crippen molar-refractivity contribution in [3.05, 3.63) is 60.3 Å². The standard InChI is InChI=1S/C19H18N6O3/c1-13(26)21-16-4-2-3-15(9-16)18-11-25(24-22-18)12-19(28)23-20-10-14-5-7-17(27)8-6-14/h2-11,27H,12H2,1H3,(H,21,26)(H,23,28)/b20-10+. The predicted molar refractivity (Wildman–Crippen MR) is 104 cm³/mol. The molecule has 0 saturated heterocycles. The van der Waals surface area contributed by atoms with Crippen LogP contribution in [-0.4, -0.2) is 38.1 Å². The maximum Gasteiger partial charge on any atom is 0.261 e. The maximum absolute atomic E-state index is 12.0. The number of phenolic OH excluding ortho intramolecular Hbond substituents is 1. The fourth-order valence-corrected chi connectivity index (χ4v) is 2.39. The number of aromatic hydroxyl groups is 1. The van der Waals surface area contributed by atoms with Gasteiger partial charge in [-0.2, -0.15) is 5.10 Å². The first-order valence-electron chi connectivity index (χ1n) is 8.39. The van der Waals surface area contributed by atoms with Crippen molar-refractivity contribution in [2.75, 3.05) is 5.32 Å². The smallest absolute Gasteiger partial charge is 0.261 e. The third kappa shape index (κ3) is 5.24. The zero-order chi connectivity index (χ0) is 19.9. The summed E-state index contributed by atoms with van der Waals surface area (Å²) in [5.41, 5.74) is 5.14. The van der Waals surface area contributed by atoms with E-state index in [0.29, 0.717) is 11.4 Å². The van der Waals surface area contributed by atoms with E-state index < -0.39 is 0 Å². The molecule has 28 heavy (non-hydrogen) atoms. The van der Waals surface area contributed by atoms with Gasteiger partial charge in [0, 0.05) is 18.2 Å². The molecule has 3 rings (SSSR count). The third-order valence-electron chi connectivity index (χ3n) is 3.62. The fourth-order valence-electron chi connectivity index (χ4n) is 2.39. The Kier molecular flexibility index (Phi) is 5.75. The van der Waals surface area contributed by atoms with Crippen LogP contribution in [-0.2, 0) is 16.1 Å². The normalized spacial score (nSPS) is 10.8. The molecule has 1 heterocycles. The van der Waals surface area contributed by atoms with E-state index in [1.165, 1.54) is 30.0 Å². The topological polar surface area (TPSA) is 122 Å². The van der Waals surface area contributed by atoms with Gasteiger partial charge in [-0.15, -0.1) is 5.10 Å². The summed E-state index contributed by atoms with van der Waals surface area (Å²) in [6, 6.07) is 13.6. The van der Waals surface area contributed by atoms with E-state index >= 15 is 0 Å². The fraction of sp³-hybridized carbons (Fsp3) is 0.105. The van der Waals surface area contributed by atoms with Crippen LogP contribution in [0.2, 0.25) is 0 Å². The van der Waals surface area contributed by atoms with E-state index in [4.69, 9.17) is 0 Å². The summed E-state index contributed by atoms with van der Waals surface area (Å²) in [7, 11) is 0. The number of hydrazone groups is 1. The summed E-state index contributed by atoms with van der Waals surface area (Å²) in [6.07, 6.45) is 3.10. The highest BCUT2D eigenvalue weighted by Gasteiger charge is 2.08. The number of aromatic nitrogens is 3. The number of anilines is 1. The minimum Gasteiger partial charge on any atom is -0.508 e. The molecule has 9 nitrogen and oxygen atoms in total. The van der Waals surface area contributed by atoms with Crippen LogP contribution in [0.4, 0.5) is 5.69 Å². The van der Waals surface area contributed by atoms with Crippen LogP contribution in [0.1, 0.15) is 12.5 Å². The first kappa shape index (κ1) is 18.8. The number of nitrogens with one attached hydrogen (secondary N) is 2. The zero-order valence-electron chi connectivity index (χ0n) is 15.0. The summed E-state index contributed by atoms with van der Waals surface area (Å²) in [5.74, 6) is -0.366. The number of hydrogen-bond acceptors (Lipinski definition) is 6. The van der Waals surface area contributed by atoms with Crippen molar-refractivity contribution >= 4 is 23.7 Å². The van der Waals surface area contributed by atoms with Crippen LogP contribution in [0.3, 0.4) is 0 Å². The Hall–Kier alpha value is -4.01. The number of hydrogen-bond donors (Lipinski definition) is 3. The molecule has 0 bridgehead atoms. The number of rotatable bonds is 6. The van der Waals surface area contributed by atoms with Crippen LogP contribution >= 0.6 is 0 Å². The molecule has 9 heteroatoms. The minimum atomic E-state index is -0.363. The molecule has 3 aromatic rings. The van der Waals surface area contributed by atoms with Crippen LogP contribution in [0.15, 0.2) is 59.8 Å². The number of nitrogens with zero attached hydrogens (tertiary/aromatic N) is 4. The molecule has 0 radical (unpaired) electrons. The second kappa shape index (κ2) is 8.58. The van der Waals surface area contributed by atoms with Crippen LogP contribution in [0, 0.1) is 0 Å². The Morgan fingerprint density at radius 1 is 1.21 bits per heavy atom. The van der Waals surface area contributed by atoms with E-state index in [1.54, 1.807) is 36.5 Å². The molecule has 0 saturated carbocycles. The molecule has 2 amide bonds. The Bertz CT molecular complexity index is 1010. The monoisotopic (exact) mass is 378 g/mol. The highest BCUT2D eigenvalue weighted by atomic mass is 16.3. The van der Waals surface area contributed by atoms with Crippen molar-refractivity contribution in [1.82, 2.24) is 20.4 Å². The Balaban J connectivity index is 1.59. The van der Waals surface area contributed by atoms with Gasteiger partial charge in [-0.1, -0.05) is 17.3 Å². The Morgan fingerprint density at radius 3 is 2.75 bits per heavy atom. The van der Waals surface area contributed by atoms with Gasteiger partial charge in [0.1, 0.15) is 18.0 Å². The predicted octanol–water partition coefficient (Wildman–Crippen LogP) is 1.76. The van der Waals surface area contributed by atoms with Crippen molar-refractivity contribution in [3.8, 4) is 17.0 Å². The second-order valence-electron chi connectivity index (χ2n) is 5.95. The maximum atomic E-state index is 12.0. The number of amides is 2. The highest BCUT2D eigenvalue weighted by molar-refractivity contribution is 5.89. The Labute approximate surface area is 160 Å². The molecule has 0 unspecified atom stereocenters. The van der Waals surface area contributed by atoms with Crippen LogP contribution in [0.5, 0.6) is 5.75 Å². The van der Waals surface area contributed by atoms with Crippen LogP contribution in [0.25, 0.3) is 11.3 Å². The first-order valence-corrected chi connectivity index (χ1v) is 8.39. The van der Waals surface area contributed by atoms with E-state index in [-0.39, 0.29) is 24.1 Å². The number of benzene rings is 2. The lowest BCUT2D eigenvalue weighted by molar-refractivity contribution is -0.121. The van der Waals surface area contributed by atoms with Gasteiger partial charge in [0.15, 0.2) is 0 Å². The van der Waals surface area contributed by atoms with E-state index in [1.807, 2.05) is 6.07 Å². The second-order valence-corrected chi connectivity index (χ2v) is 5.95. The Morgan fingerprint density at radius 2 is 2.00 bits per heavy atom. The lowest BCUT2D eigenvalue weighted by atomic mass is 10.1. The number of carbonyl (C=O) groups excluding carboxylic acids is 2. The van der Waals surface area contributed by atoms with Gasteiger partial charge >= 0.3 is 0 Å². The molecule has 2 aromatic carbocycles. The average Bonchev–Trinajstić information content (AvgIpc) is 3.11. The molecule has 0 fully saturated rings. The molecule has 1 aromatic heterocycles. The quantitative estimate of drug-likeness (QED) is 0.446. The molecule has 0 aliphatic heterocycles. The molecule has 0 aliphatic carbocycles. The van der Waals surface area contributed by atoms with Crippen molar-refractivity contribution in [3.63, 3.8) is 0 Å². The van der Waals surface area contributed by atoms with Crippen LogP contribution < -0.4 is 10.7 Å². The van der Waals surface area contributed by atoms with Crippen molar-refractivity contribution in [2.24, 2.45) is 5.10 Å². The highest BCUT2D eigenvalue weighted by Crippen LogP contribution is 2.20. The van der Waals surface area contributed by atoms with Gasteiger partial charge in [0.25, 0.3) is 5.91 Å². The SMILES string of the molecule is CC(=O)Nc1cccc(-c2cn(CC(=O)N/N=C/c3ccc(O)cc3)nn2)c1. The molecular weight excluding hydrogens is 360 g/mol. The summed E-state index contributed by atoms with van der Waals surface area (Å²) in [6.45, 7) is 1.39. The molecule has 3 N–H and O–H groups in total. The van der Waals surface area contributed by atoms with E-state index in [0.717, 1.165) is 11.1 Å². The molecular formula is C19H18N6O3. The van der Waals surface area contributed by atoms with E-state index in [9.17, 15) is 14.7 Å². The molecule has 0 aliphatic rings. The molecule has 142 valence electrons. The summed E-state index contributed by atoms with van der Waals surface area (Å²) < 4.78 is 1.39. The van der Waals surface area contributed by atoms with Crippen molar-refractivity contribution < 1.29 is 14.7 Å².